The van der Waals surface area contributed by atoms with Gasteiger partial charge in [-0.3, -0.25) is 14.4 Å². The van der Waals surface area contributed by atoms with Gasteiger partial charge in [0.2, 0.25) is 0 Å². The summed E-state index contributed by atoms with van der Waals surface area (Å²) in [6.07, 6.45) is 0.728. The molecule has 3 amide bonds. The van der Waals surface area contributed by atoms with Crippen molar-refractivity contribution in [3.63, 3.8) is 0 Å². The fourth-order valence-corrected chi connectivity index (χ4v) is 4.14. The normalized spacial score (nSPS) is 16.1. The van der Waals surface area contributed by atoms with E-state index >= 15 is 0 Å². The average Bonchev–Trinajstić information content (AvgIpc) is 3.28. The summed E-state index contributed by atoms with van der Waals surface area (Å²) in [6.45, 7) is 0.943. The van der Waals surface area contributed by atoms with E-state index in [4.69, 9.17) is 4.74 Å². The second-order valence-electron chi connectivity index (χ2n) is 8.17. The summed E-state index contributed by atoms with van der Waals surface area (Å²) in [5.74, 6) is 0.126. The lowest BCUT2D eigenvalue weighted by molar-refractivity contribution is -0.122. The quantitative estimate of drug-likeness (QED) is 0.567. The lowest BCUT2D eigenvalue weighted by Gasteiger charge is -2.17. The molecule has 166 valence electrons. The number of hydrogen-bond acceptors (Lipinski definition) is 4. The average molecular weight is 441 g/mol. The van der Waals surface area contributed by atoms with E-state index in [0.717, 1.165) is 28.9 Å². The summed E-state index contributed by atoms with van der Waals surface area (Å²) in [5, 5.41) is 8.55. The first-order valence-electron chi connectivity index (χ1n) is 10.9. The molecule has 2 aliphatic rings. The van der Waals surface area contributed by atoms with E-state index in [1.807, 2.05) is 42.5 Å². The zero-order chi connectivity index (χ0) is 22.8. The van der Waals surface area contributed by atoms with Crippen LogP contribution in [0.2, 0.25) is 0 Å². The Bertz CT molecular complexity index is 1230. The first kappa shape index (κ1) is 20.8. The van der Waals surface area contributed by atoms with Crippen LogP contribution in [0.1, 0.15) is 37.4 Å². The Labute approximate surface area is 191 Å². The Morgan fingerprint density at radius 3 is 2.76 bits per heavy atom. The molecule has 0 saturated carbocycles. The van der Waals surface area contributed by atoms with E-state index in [2.05, 4.69) is 16.0 Å². The molecule has 0 bridgehead atoms. The van der Waals surface area contributed by atoms with E-state index in [0.29, 0.717) is 36.3 Å². The third kappa shape index (κ3) is 4.43. The van der Waals surface area contributed by atoms with Crippen molar-refractivity contribution in [3.05, 3.63) is 94.5 Å². The number of fused-ring (bicyclic) bond motifs is 2. The molecule has 0 spiro atoms. The molecule has 0 aromatic heterocycles. The van der Waals surface area contributed by atoms with Gasteiger partial charge in [-0.25, -0.2) is 0 Å². The predicted octanol–water partition coefficient (Wildman–Crippen LogP) is 2.84. The van der Waals surface area contributed by atoms with E-state index in [1.165, 1.54) is 0 Å². The molecule has 2 aliphatic heterocycles. The van der Waals surface area contributed by atoms with Crippen molar-refractivity contribution >= 4 is 23.4 Å². The van der Waals surface area contributed by atoms with Crippen LogP contribution in [0.25, 0.3) is 0 Å². The van der Waals surface area contributed by atoms with Gasteiger partial charge in [-0.1, -0.05) is 36.4 Å². The van der Waals surface area contributed by atoms with Gasteiger partial charge >= 0.3 is 0 Å². The third-order valence-electron chi connectivity index (χ3n) is 5.88. The summed E-state index contributed by atoms with van der Waals surface area (Å²) in [5.41, 5.74) is 4.49. The lowest BCUT2D eigenvalue weighted by atomic mass is 9.98. The van der Waals surface area contributed by atoms with Gasteiger partial charge in [-0.15, -0.1) is 0 Å². The summed E-state index contributed by atoms with van der Waals surface area (Å²) >= 11 is 0. The topological polar surface area (TPSA) is 96.5 Å². The number of hydrogen-bond donors (Lipinski definition) is 3. The number of amides is 3. The summed E-state index contributed by atoms with van der Waals surface area (Å²) < 4.78 is 5.73. The van der Waals surface area contributed by atoms with Crippen LogP contribution in [-0.4, -0.2) is 30.4 Å². The Kier molecular flexibility index (Phi) is 5.52. The zero-order valence-corrected chi connectivity index (χ0v) is 17.9. The fourth-order valence-electron chi connectivity index (χ4n) is 4.14. The number of rotatable bonds is 5. The van der Waals surface area contributed by atoms with Gasteiger partial charge in [0.15, 0.2) is 6.10 Å². The molecule has 3 aromatic rings. The minimum Gasteiger partial charge on any atom is -0.480 e. The predicted molar refractivity (Wildman–Crippen MR) is 123 cm³/mol. The van der Waals surface area contributed by atoms with Gasteiger partial charge in [0.1, 0.15) is 5.75 Å². The molecule has 3 aromatic carbocycles. The molecule has 2 heterocycles. The monoisotopic (exact) mass is 441 g/mol. The second-order valence-corrected chi connectivity index (χ2v) is 8.17. The number of carbonyl (C=O) groups excluding carboxylic acids is 3. The Balaban J connectivity index is 1.20. The van der Waals surface area contributed by atoms with Gasteiger partial charge in [0, 0.05) is 36.3 Å². The molecule has 5 rings (SSSR count). The molecule has 0 fully saturated rings. The van der Waals surface area contributed by atoms with Crippen LogP contribution in [0, 0.1) is 0 Å². The van der Waals surface area contributed by atoms with Crippen LogP contribution in [0.4, 0.5) is 5.69 Å². The van der Waals surface area contributed by atoms with Gasteiger partial charge in [0.05, 0.1) is 0 Å². The summed E-state index contributed by atoms with van der Waals surface area (Å²) in [7, 11) is 0. The highest BCUT2D eigenvalue weighted by molar-refractivity contribution is 5.99. The van der Waals surface area contributed by atoms with Crippen LogP contribution >= 0.6 is 0 Å². The van der Waals surface area contributed by atoms with Crippen molar-refractivity contribution in [1.82, 2.24) is 10.6 Å². The molecule has 0 aliphatic carbocycles. The lowest BCUT2D eigenvalue weighted by Crippen LogP contribution is -2.32. The van der Waals surface area contributed by atoms with Gasteiger partial charge < -0.3 is 20.7 Å². The van der Waals surface area contributed by atoms with Crippen molar-refractivity contribution in [2.24, 2.45) is 0 Å². The van der Waals surface area contributed by atoms with Crippen LogP contribution in [0.15, 0.2) is 66.7 Å². The largest absolute Gasteiger partial charge is 0.480 e. The molecule has 0 radical (unpaired) electrons. The van der Waals surface area contributed by atoms with Crippen molar-refractivity contribution in [2.75, 3.05) is 11.9 Å². The number of benzene rings is 3. The van der Waals surface area contributed by atoms with Gasteiger partial charge in [-0.2, -0.15) is 0 Å². The molecule has 3 N–H and O–H groups in total. The molecule has 7 heteroatoms. The van der Waals surface area contributed by atoms with Crippen LogP contribution in [0.3, 0.4) is 0 Å². The zero-order valence-electron chi connectivity index (χ0n) is 17.9. The number of nitrogens with one attached hydrogen (secondary N) is 3. The SMILES string of the molecule is O=C(NCc1ccc2c(c1)C(=O)NCC2)c1cccc(NC(=O)C2Cc3ccccc3O2)c1. The van der Waals surface area contributed by atoms with E-state index in [-0.39, 0.29) is 17.7 Å². The van der Waals surface area contributed by atoms with Crippen molar-refractivity contribution < 1.29 is 19.1 Å². The molecular weight excluding hydrogens is 418 g/mol. The van der Waals surface area contributed by atoms with E-state index in [1.54, 1.807) is 24.3 Å². The molecule has 0 saturated heterocycles. The minimum absolute atomic E-state index is 0.0813. The Morgan fingerprint density at radius 1 is 1.00 bits per heavy atom. The van der Waals surface area contributed by atoms with Crippen molar-refractivity contribution in [3.8, 4) is 5.75 Å². The Hall–Kier alpha value is -4.13. The molecule has 1 unspecified atom stereocenters. The summed E-state index contributed by atoms with van der Waals surface area (Å²) in [4.78, 5) is 37.4. The van der Waals surface area contributed by atoms with Crippen LogP contribution in [0.5, 0.6) is 5.75 Å². The van der Waals surface area contributed by atoms with Crippen LogP contribution < -0.4 is 20.7 Å². The number of ether oxygens (including phenoxy) is 1. The number of anilines is 1. The fraction of sp³-hybridized carbons (Fsp3) is 0.192. The van der Waals surface area contributed by atoms with E-state index in [9.17, 15) is 14.4 Å². The second kappa shape index (κ2) is 8.78. The maximum Gasteiger partial charge on any atom is 0.265 e. The molecular formula is C26H23N3O4. The maximum atomic E-state index is 12.7. The van der Waals surface area contributed by atoms with Gasteiger partial charge in [0.25, 0.3) is 17.7 Å². The minimum atomic E-state index is -0.596. The Morgan fingerprint density at radius 2 is 1.88 bits per heavy atom. The highest BCUT2D eigenvalue weighted by Crippen LogP contribution is 2.28. The summed E-state index contributed by atoms with van der Waals surface area (Å²) in [6, 6.07) is 20.1. The highest BCUT2D eigenvalue weighted by atomic mass is 16.5. The number of carbonyl (C=O) groups is 3. The first-order valence-corrected chi connectivity index (χ1v) is 10.9. The number of para-hydroxylation sites is 1. The highest BCUT2D eigenvalue weighted by Gasteiger charge is 2.28. The first-order chi connectivity index (χ1) is 16.1. The van der Waals surface area contributed by atoms with Crippen molar-refractivity contribution in [2.45, 2.75) is 25.5 Å². The molecule has 1 atom stereocenters. The molecule has 33 heavy (non-hydrogen) atoms. The smallest absolute Gasteiger partial charge is 0.265 e. The third-order valence-corrected chi connectivity index (χ3v) is 5.88. The van der Waals surface area contributed by atoms with Crippen molar-refractivity contribution in [1.29, 1.82) is 0 Å². The van der Waals surface area contributed by atoms with Gasteiger partial charge in [-0.05, 0) is 53.4 Å². The maximum absolute atomic E-state index is 12.7. The molecule has 7 nitrogen and oxygen atoms in total. The standard InChI is InChI=1S/C26H23N3O4/c30-24(28-15-16-8-9-17-10-11-27-25(31)21(17)12-16)19-5-3-6-20(13-19)29-26(32)23-14-18-4-1-2-7-22(18)33-23/h1-9,12-13,23H,10-11,14-15H2,(H,27,31)(H,28,30)(H,29,32). The van der Waals surface area contributed by atoms with E-state index < -0.39 is 6.10 Å². The van der Waals surface area contributed by atoms with Crippen LogP contribution in [-0.2, 0) is 24.2 Å².